The summed E-state index contributed by atoms with van der Waals surface area (Å²) in [7, 11) is 0. The van der Waals surface area contributed by atoms with Gasteiger partial charge in [-0.2, -0.15) is 0 Å². The van der Waals surface area contributed by atoms with Gasteiger partial charge in [0.05, 0.1) is 12.1 Å². The maximum Gasteiger partial charge on any atom is 0.254 e. The number of likely N-dealkylation sites (tertiary alicyclic amines) is 1. The molecule has 2 amide bonds. The maximum atomic E-state index is 13.4. The van der Waals surface area contributed by atoms with Crippen molar-refractivity contribution in [3.8, 4) is 0 Å². The summed E-state index contributed by atoms with van der Waals surface area (Å²) in [5.74, 6) is -1.24. The molecule has 0 saturated carbocycles. The van der Waals surface area contributed by atoms with E-state index in [9.17, 15) is 14.0 Å². The number of piperidine rings is 1. The molecule has 5 heteroatoms. The van der Waals surface area contributed by atoms with Gasteiger partial charge in [-0.05, 0) is 38.3 Å². The lowest BCUT2D eigenvalue weighted by atomic mass is 10.0. The second kappa shape index (κ2) is 6.50. The first-order valence-electron chi connectivity index (χ1n) is 6.92. The predicted molar refractivity (Wildman–Crippen MR) is 73.8 cm³/mol. The van der Waals surface area contributed by atoms with Crippen LogP contribution in [0.4, 0.5) is 4.39 Å². The summed E-state index contributed by atoms with van der Waals surface area (Å²) >= 11 is 0. The largest absolute Gasteiger partial charge is 0.343 e. The van der Waals surface area contributed by atoms with E-state index in [0.717, 1.165) is 25.8 Å². The highest BCUT2D eigenvalue weighted by atomic mass is 19.1. The van der Waals surface area contributed by atoms with Gasteiger partial charge < -0.3 is 10.2 Å². The summed E-state index contributed by atoms with van der Waals surface area (Å²) in [4.78, 5) is 25.6. The van der Waals surface area contributed by atoms with E-state index in [0.29, 0.717) is 0 Å². The molecule has 0 spiro atoms. The van der Waals surface area contributed by atoms with Crippen molar-refractivity contribution in [3.63, 3.8) is 0 Å². The van der Waals surface area contributed by atoms with Gasteiger partial charge in [-0.25, -0.2) is 4.39 Å². The van der Waals surface area contributed by atoms with Gasteiger partial charge in [-0.15, -0.1) is 0 Å². The number of hydrogen-bond acceptors (Lipinski definition) is 2. The minimum absolute atomic E-state index is 0.0352. The van der Waals surface area contributed by atoms with Crippen LogP contribution in [0.5, 0.6) is 0 Å². The van der Waals surface area contributed by atoms with Gasteiger partial charge >= 0.3 is 0 Å². The van der Waals surface area contributed by atoms with Crippen LogP contribution in [0, 0.1) is 5.82 Å². The average molecular weight is 278 g/mol. The minimum Gasteiger partial charge on any atom is -0.343 e. The molecule has 1 unspecified atom stereocenters. The van der Waals surface area contributed by atoms with Crippen LogP contribution in [0.25, 0.3) is 0 Å². The molecule has 1 fully saturated rings. The first kappa shape index (κ1) is 14.5. The van der Waals surface area contributed by atoms with E-state index < -0.39 is 11.7 Å². The summed E-state index contributed by atoms with van der Waals surface area (Å²) in [5.41, 5.74) is -0.0352. The smallest absolute Gasteiger partial charge is 0.254 e. The van der Waals surface area contributed by atoms with Crippen molar-refractivity contribution in [2.75, 3.05) is 13.1 Å². The molecule has 1 aliphatic rings. The Kier molecular flexibility index (Phi) is 4.71. The zero-order chi connectivity index (χ0) is 14.5. The highest BCUT2D eigenvalue weighted by Crippen LogP contribution is 2.16. The second-order valence-electron chi connectivity index (χ2n) is 5.09. The van der Waals surface area contributed by atoms with E-state index in [1.54, 1.807) is 11.0 Å². The number of halogens is 1. The number of rotatable bonds is 3. The highest BCUT2D eigenvalue weighted by Gasteiger charge is 2.23. The molecule has 0 aromatic heterocycles. The highest BCUT2D eigenvalue weighted by molar-refractivity contribution is 5.96. The number of hydrogen-bond donors (Lipinski definition) is 1. The normalized spacial score (nSPS) is 18.7. The third-order valence-corrected chi connectivity index (χ3v) is 3.64. The fraction of sp³-hybridized carbons (Fsp3) is 0.467. The van der Waals surface area contributed by atoms with Crippen LogP contribution < -0.4 is 5.32 Å². The van der Waals surface area contributed by atoms with Gasteiger partial charge in [0.2, 0.25) is 5.91 Å². The van der Waals surface area contributed by atoms with Crippen LogP contribution in [0.3, 0.4) is 0 Å². The van der Waals surface area contributed by atoms with Crippen molar-refractivity contribution in [1.82, 2.24) is 10.2 Å². The topological polar surface area (TPSA) is 49.4 Å². The van der Waals surface area contributed by atoms with E-state index in [4.69, 9.17) is 0 Å². The molecular weight excluding hydrogens is 259 g/mol. The molecule has 1 heterocycles. The monoisotopic (exact) mass is 278 g/mol. The van der Waals surface area contributed by atoms with Crippen LogP contribution in [-0.2, 0) is 4.79 Å². The number of nitrogens with one attached hydrogen (secondary N) is 1. The van der Waals surface area contributed by atoms with E-state index in [-0.39, 0.29) is 24.1 Å². The lowest BCUT2D eigenvalue weighted by Crippen LogP contribution is -2.46. The van der Waals surface area contributed by atoms with Gasteiger partial charge in [-0.3, -0.25) is 9.59 Å². The summed E-state index contributed by atoms with van der Waals surface area (Å²) in [6, 6.07) is 5.95. The Balaban J connectivity index is 1.90. The zero-order valence-electron chi connectivity index (χ0n) is 11.6. The summed E-state index contributed by atoms with van der Waals surface area (Å²) in [6.45, 7) is 2.66. The number of nitrogens with zero attached hydrogens (tertiary/aromatic N) is 1. The van der Waals surface area contributed by atoms with Crippen molar-refractivity contribution in [2.45, 2.75) is 32.2 Å². The molecular formula is C15H19FN2O2. The Hall–Kier alpha value is -1.91. The van der Waals surface area contributed by atoms with Crippen molar-refractivity contribution in [3.05, 3.63) is 35.6 Å². The fourth-order valence-electron chi connectivity index (χ4n) is 2.47. The van der Waals surface area contributed by atoms with E-state index in [1.807, 2.05) is 6.92 Å². The average Bonchev–Trinajstić information content (AvgIpc) is 2.45. The predicted octanol–water partition coefficient (Wildman–Crippen LogP) is 1.96. The SMILES string of the molecule is CC1CCCCN1C(=O)CNC(=O)c1ccccc1F. The molecule has 4 nitrogen and oxygen atoms in total. The van der Waals surface area contributed by atoms with E-state index in [2.05, 4.69) is 5.32 Å². The lowest BCUT2D eigenvalue weighted by Gasteiger charge is -2.33. The second-order valence-corrected chi connectivity index (χ2v) is 5.09. The van der Waals surface area contributed by atoms with Gasteiger partial charge in [0.25, 0.3) is 5.91 Å². The number of carbonyl (C=O) groups excluding carboxylic acids is 2. The van der Waals surface area contributed by atoms with E-state index >= 15 is 0 Å². The Labute approximate surface area is 118 Å². The number of benzene rings is 1. The molecule has 1 atom stereocenters. The fourth-order valence-corrected chi connectivity index (χ4v) is 2.47. The summed E-state index contributed by atoms with van der Waals surface area (Å²) in [6.07, 6.45) is 3.12. The van der Waals surface area contributed by atoms with Crippen LogP contribution in [0.1, 0.15) is 36.5 Å². The van der Waals surface area contributed by atoms with Crippen molar-refractivity contribution < 1.29 is 14.0 Å². The van der Waals surface area contributed by atoms with Crippen molar-refractivity contribution in [2.24, 2.45) is 0 Å². The molecule has 108 valence electrons. The van der Waals surface area contributed by atoms with E-state index in [1.165, 1.54) is 18.2 Å². The number of amides is 2. The molecule has 20 heavy (non-hydrogen) atoms. The van der Waals surface area contributed by atoms with Crippen molar-refractivity contribution >= 4 is 11.8 Å². The van der Waals surface area contributed by atoms with Crippen LogP contribution >= 0.6 is 0 Å². The summed E-state index contributed by atoms with van der Waals surface area (Å²) < 4.78 is 13.4. The Morgan fingerprint density at radius 2 is 2.10 bits per heavy atom. The van der Waals surface area contributed by atoms with Crippen LogP contribution in [0.2, 0.25) is 0 Å². The standard InChI is InChI=1S/C15H19FN2O2/c1-11-6-4-5-9-18(11)14(19)10-17-15(20)12-7-2-3-8-13(12)16/h2-3,7-8,11H,4-6,9-10H2,1H3,(H,17,20). The molecule has 2 rings (SSSR count). The quantitative estimate of drug-likeness (QED) is 0.919. The Morgan fingerprint density at radius 1 is 1.35 bits per heavy atom. The molecule has 1 saturated heterocycles. The third kappa shape index (κ3) is 3.35. The third-order valence-electron chi connectivity index (χ3n) is 3.64. The van der Waals surface area contributed by atoms with Crippen LogP contribution in [-0.4, -0.2) is 35.8 Å². The maximum absolute atomic E-state index is 13.4. The zero-order valence-corrected chi connectivity index (χ0v) is 11.6. The number of carbonyl (C=O) groups is 2. The molecule has 0 radical (unpaired) electrons. The molecule has 1 aromatic rings. The van der Waals surface area contributed by atoms with Gasteiger partial charge in [0.15, 0.2) is 0 Å². The van der Waals surface area contributed by atoms with Crippen molar-refractivity contribution in [1.29, 1.82) is 0 Å². The first-order valence-corrected chi connectivity index (χ1v) is 6.92. The lowest BCUT2D eigenvalue weighted by molar-refractivity contribution is -0.133. The first-order chi connectivity index (χ1) is 9.59. The molecule has 0 bridgehead atoms. The minimum atomic E-state index is -0.580. The van der Waals surface area contributed by atoms with Gasteiger partial charge in [0, 0.05) is 12.6 Å². The molecule has 1 N–H and O–H groups in total. The van der Waals surface area contributed by atoms with Gasteiger partial charge in [-0.1, -0.05) is 12.1 Å². The summed E-state index contributed by atoms with van der Waals surface area (Å²) in [5, 5.41) is 2.49. The molecule has 1 aliphatic heterocycles. The van der Waals surface area contributed by atoms with Gasteiger partial charge in [0.1, 0.15) is 5.82 Å². The van der Waals surface area contributed by atoms with Crippen LogP contribution in [0.15, 0.2) is 24.3 Å². The Bertz CT molecular complexity index is 504. The Morgan fingerprint density at radius 3 is 2.80 bits per heavy atom. The molecule has 1 aromatic carbocycles. The molecule has 0 aliphatic carbocycles.